The van der Waals surface area contributed by atoms with E-state index < -0.39 is 0 Å². The Labute approximate surface area is 156 Å². The molecule has 0 saturated heterocycles. The number of nitrogens with two attached hydrogens (primary N) is 1. The summed E-state index contributed by atoms with van der Waals surface area (Å²) in [7, 11) is 0. The van der Waals surface area contributed by atoms with Crippen LogP contribution < -0.4 is 5.73 Å². The number of H-pyrrole nitrogens is 1. The van der Waals surface area contributed by atoms with Crippen molar-refractivity contribution < 1.29 is 0 Å². The van der Waals surface area contributed by atoms with Crippen LogP contribution in [-0.4, -0.2) is 15.2 Å². The maximum Gasteiger partial charge on any atom is 0.100 e. The molecule has 4 rings (SSSR count). The zero-order valence-electron chi connectivity index (χ0n) is 14.0. The topological polar surface area (TPSA) is 67.6 Å². The molecule has 26 heavy (non-hydrogen) atoms. The maximum atomic E-state index is 6.03. The molecule has 4 aromatic rings. The second-order valence-corrected chi connectivity index (χ2v) is 6.52. The van der Waals surface area contributed by atoms with E-state index in [-0.39, 0.29) is 0 Å². The van der Waals surface area contributed by atoms with E-state index in [1.54, 1.807) is 12.4 Å². The highest BCUT2D eigenvalue weighted by atomic mass is 35.5. The van der Waals surface area contributed by atoms with Crippen LogP contribution >= 0.6 is 11.6 Å². The Morgan fingerprint density at radius 1 is 0.846 bits per heavy atom. The Bertz CT molecular complexity index is 1010. The molecule has 5 heteroatoms. The maximum absolute atomic E-state index is 6.03. The van der Waals surface area contributed by atoms with Gasteiger partial charge in [-0.1, -0.05) is 35.9 Å². The van der Waals surface area contributed by atoms with E-state index in [0.29, 0.717) is 5.02 Å². The third-order valence-corrected chi connectivity index (χ3v) is 4.54. The highest BCUT2D eigenvalue weighted by Gasteiger charge is 2.17. The Hall–Kier alpha value is -3.11. The lowest BCUT2D eigenvalue weighted by Gasteiger charge is -2.07. The van der Waals surface area contributed by atoms with Gasteiger partial charge < -0.3 is 5.73 Å². The molecule has 2 aromatic heterocycles. The minimum atomic E-state index is 0.705. The van der Waals surface area contributed by atoms with E-state index in [9.17, 15) is 0 Å². The van der Waals surface area contributed by atoms with Gasteiger partial charge in [0, 0.05) is 46.3 Å². The van der Waals surface area contributed by atoms with Crippen molar-refractivity contribution in [2.45, 2.75) is 6.42 Å². The number of aromatic amines is 1. The van der Waals surface area contributed by atoms with Crippen LogP contribution in [-0.2, 0) is 6.42 Å². The first-order chi connectivity index (χ1) is 12.7. The van der Waals surface area contributed by atoms with E-state index in [1.807, 2.05) is 60.7 Å². The number of pyridine rings is 1. The smallest absolute Gasteiger partial charge is 0.100 e. The highest BCUT2D eigenvalue weighted by Crippen LogP contribution is 2.34. The van der Waals surface area contributed by atoms with Crippen molar-refractivity contribution in [3.05, 3.63) is 89.3 Å². The molecule has 2 heterocycles. The molecule has 0 spiro atoms. The van der Waals surface area contributed by atoms with Gasteiger partial charge in [-0.15, -0.1) is 0 Å². The summed E-state index contributed by atoms with van der Waals surface area (Å²) in [6.07, 6.45) is 4.32. The van der Waals surface area contributed by atoms with Gasteiger partial charge in [-0.3, -0.25) is 10.1 Å². The van der Waals surface area contributed by atoms with Crippen LogP contribution in [0.1, 0.15) is 11.3 Å². The molecule has 3 N–H and O–H groups in total. The molecule has 0 aliphatic rings. The SMILES string of the molecule is Nc1ccc(Cc2[nH]nc(-c3ccc(Cl)cc3)c2-c2ccncc2)cc1. The van der Waals surface area contributed by atoms with Gasteiger partial charge in [-0.05, 0) is 47.5 Å². The van der Waals surface area contributed by atoms with Crippen molar-refractivity contribution in [2.24, 2.45) is 0 Å². The minimum absolute atomic E-state index is 0.705. The van der Waals surface area contributed by atoms with Crippen LogP contribution in [0.5, 0.6) is 0 Å². The van der Waals surface area contributed by atoms with Crippen molar-refractivity contribution in [2.75, 3.05) is 5.73 Å². The van der Waals surface area contributed by atoms with Crippen LogP contribution in [0.4, 0.5) is 5.69 Å². The van der Waals surface area contributed by atoms with Crippen LogP contribution in [0.15, 0.2) is 73.1 Å². The van der Waals surface area contributed by atoms with Gasteiger partial charge in [-0.2, -0.15) is 5.10 Å². The Balaban J connectivity index is 1.81. The van der Waals surface area contributed by atoms with Crippen LogP contribution in [0.3, 0.4) is 0 Å². The molecular formula is C21H17ClN4. The minimum Gasteiger partial charge on any atom is -0.399 e. The first kappa shape index (κ1) is 16.4. The summed E-state index contributed by atoms with van der Waals surface area (Å²) in [5.74, 6) is 0. The first-order valence-electron chi connectivity index (χ1n) is 8.29. The number of nitrogen functional groups attached to an aromatic ring is 1. The molecule has 0 radical (unpaired) electrons. The third-order valence-electron chi connectivity index (χ3n) is 4.29. The van der Waals surface area contributed by atoms with Gasteiger partial charge in [0.25, 0.3) is 0 Å². The second kappa shape index (κ2) is 7.02. The first-order valence-corrected chi connectivity index (χ1v) is 8.66. The predicted molar refractivity (Wildman–Crippen MR) is 106 cm³/mol. The molecular weight excluding hydrogens is 344 g/mol. The largest absolute Gasteiger partial charge is 0.399 e. The van der Waals surface area contributed by atoms with Crippen LogP contribution in [0.25, 0.3) is 22.4 Å². The van der Waals surface area contributed by atoms with E-state index in [1.165, 1.54) is 5.56 Å². The predicted octanol–water partition coefficient (Wildman–Crippen LogP) is 4.97. The van der Waals surface area contributed by atoms with Gasteiger partial charge in [0.1, 0.15) is 5.69 Å². The quantitative estimate of drug-likeness (QED) is 0.505. The summed E-state index contributed by atoms with van der Waals surface area (Å²) < 4.78 is 0. The third kappa shape index (κ3) is 3.32. The fraction of sp³-hybridized carbons (Fsp3) is 0.0476. The molecule has 0 atom stereocenters. The fourth-order valence-electron chi connectivity index (χ4n) is 2.99. The number of aromatic nitrogens is 3. The summed E-state index contributed by atoms with van der Waals surface area (Å²) >= 11 is 6.03. The lowest BCUT2D eigenvalue weighted by molar-refractivity contribution is 0.999. The van der Waals surface area contributed by atoms with E-state index in [2.05, 4.69) is 15.2 Å². The summed E-state index contributed by atoms with van der Waals surface area (Å²) in [6.45, 7) is 0. The lowest BCUT2D eigenvalue weighted by atomic mass is 9.97. The van der Waals surface area contributed by atoms with E-state index >= 15 is 0 Å². The van der Waals surface area contributed by atoms with Crippen molar-refractivity contribution >= 4 is 17.3 Å². The molecule has 0 bridgehead atoms. The van der Waals surface area contributed by atoms with Crippen molar-refractivity contribution in [1.29, 1.82) is 0 Å². The van der Waals surface area contributed by atoms with Crippen molar-refractivity contribution in [3.63, 3.8) is 0 Å². The molecule has 128 valence electrons. The number of hydrogen-bond donors (Lipinski definition) is 2. The molecule has 4 nitrogen and oxygen atoms in total. The summed E-state index contributed by atoms with van der Waals surface area (Å²) in [5, 5.41) is 8.51. The number of benzene rings is 2. The summed E-state index contributed by atoms with van der Waals surface area (Å²) in [4.78, 5) is 4.13. The molecule has 0 aliphatic carbocycles. The highest BCUT2D eigenvalue weighted by molar-refractivity contribution is 6.30. The van der Waals surface area contributed by atoms with E-state index in [4.69, 9.17) is 17.3 Å². The number of nitrogens with zero attached hydrogens (tertiary/aromatic N) is 2. The average molecular weight is 361 g/mol. The van der Waals surface area contributed by atoms with Crippen LogP contribution in [0, 0.1) is 0 Å². The fourth-order valence-corrected chi connectivity index (χ4v) is 3.12. The summed E-state index contributed by atoms with van der Waals surface area (Å²) in [6, 6.07) is 19.6. The summed E-state index contributed by atoms with van der Waals surface area (Å²) in [5.41, 5.74) is 12.8. The normalized spacial score (nSPS) is 10.8. The van der Waals surface area contributed by atoms with Crippen LogP contribution in [0.2, 0.25) is 5.02 Å². The van der Waals surface area contributed by atoms with Crippen molar-refractivity contribution in [1.82, 2.24) is 15.2 Å². The molecule has 0 saturated carbocycles. The molecule has 2 aromatic carbocycles. The van der Waals surface area contributed by atoms with Gasteiger partial charge in [0.15, 0.2) is 0 Å². The van der Waals surface area contributed by atoms with Gasteiger partial charge in [-0.25, -0.2) is 0 Å². The van der Waals surface area contributed by atoms with Gasteiger partial charge in [0.05, 0.1) is 0 Å². The number of halogens is 1. The molecule has 0 unspecified atom stereocenters. The zero-order valence-corrected chi connectivity index (χ0v) is 14.7. The zero-order chi connectivity index (χ0) is 17.9. The van der Waals surface area contributed by atoms with E-state index in [0.717, 1.165) is 40.2 Å². The number of hydrogen-bond acceptors (Lipinski definition) is 3. The van der Waals surface area contributed by atoms with Crippen molar-refractivity contribution in [3.8, 4) is 22.4 Å². The number of rotatable bonds is 4. The lowest BCUT2D eigenvalue weighted by Crippen LogP contribution is -1.93. The standard InChI is InChI=1S/C21H17ClN4/c22-17-5-3-16(4-6-17)21-20(15-9-11-24-12-10-15)19(25-26-21)13-14-1-7-18(23)8-2-14/h1-12H,13,23H2,(H,25,26). The molecule has 0 aliphatic heterocycles. The molecule has 0 fully saturated rings. The average Bonchev–Trinajstić information content (AvgIpc) is 3.08. The Kier molecular flexibility index (Phi) is 4.42. The molecule has 0 amide bonds. The Morgan fingerprint density at radius 2 is 1.54 bits per heavy atom. The monoisotopic (exact) mass is 360 g/mol. The second-order valence-electron chi connectivity index (χ2n) is 6.09. The Morgan fingerprint density at radius 3 is 2.23 bits per heavy atom. The number of anilines is 1. The number of nitrogens with one attached hydrogen (secondary N) is 1. The van der Waals surface area contributed by atoms with Gasteiger partial charge >= 0.3 is 0 Å². The van der Waals surface area contributed by atoms with Gasteiger partial charge in [0.2, 0.25) is 0 Å².